The molecule has 2 aromatic carbocycles. The lowest BCUT2D eigenvalue weighted by molar-refractivity contribution is 0.102. The molecule has 2 heterocycles. The van der Waals surface area contributed by atoms with Crippen LogP contribution in [0.1, 0.15) is 32.2 Å². The van der Waals surface area contributed by atoms with Crippen LogP contribution >= 0.6 is 11.3 Å². The molecule has 0 saturated carbocycles. The van der Waals surface area contributed by atoms with E-state index >= 15 is 0 Å². The number of benzene rings is 2. The van der Waals surface area contributed by atoms with E-state index in [1.807, 2.05) is 5.38 Å². The number of aryl methyl sites for hydroxylation is 1. The monoisotopic (exact) mass is 418 g/mol. The molecule has 0 bridgehead atoms. The summed E-state index contributed by atoms with van der Waals surface area (Å²) < 4.78 is 7.37. The zero-order valence-corrected chi connectivity index (χ0v) is 16.9. The maximum absolute atomic E-state index is 12.6. The van der Waals surface area contributed by atoms with Crippen molar-refractivity contribution in [1.29, 1.82) is 0 Å². The van der Waals surface area contributed by atoms with Crippen LogP contribution in [0.5, 0.6) is 5.75 Å². The lowest BCUT2D eigenvalue weighted by atomic mass is 10.1. The van der Waals surface area contributed by atoms with Crippen LogP contribution in [-0.2, 0) is 13.7 Å². The van der Waals surface area contributed by atoms with Gasteiger partial charge in [-0.3, -0.25) is 9.59 Å². The van der Waals surface area contributed by atoms with Gasteiger partial charge in [-0.05, 0) is 42.5 Å². The molecule has 8 heteroatoms. The van der Waals surface area contributed by atoms with Crippen LogP contribution in [0.4, 0.5) is 5.69 Å². The van der Waals surface area contributed by atoms with Gasteiger partial charge in [0, 0.05) is 41.6 Å². The minimum Gasteiger partial charge on any atom is -0.487 e. The second kappa shape index (κ2) is 8.71. The molecule has 0 aliphatic heterocycles. The van der Waals surface area contributed by atoms with Crippen molar-refractivity contribution in [2.45, 2.75) is 6.61 Å². The number of carbonyl (C=O) groups is 2. The van der Waals surface area contributed by atoms with Gasteiger partial charge < -0.3 is 14.6 Å². The van der Waals surface area contributed by atoms with Crippen molar-refractivity contribution in [1.82, 2.24) is 14.5 Å². The number of aromatic nitrogens is 3. The zero-order valence-electron chi connectivity index (χ0n) is 16.1. The second-order valence-corrected chi connectivity index (χ2v) is 7.24. The summed E-state index contributed by atoms with van der Waals surface area (Å²) in [6.07, 6.45) is 3.30. The highest BCUT2D eigenvalue weighted by Crippen LogP contribution is 2.18. The average molecular weight is 418 g/mol. The van der Waals surface area contributed by atoms with Crippen molar-refractivity contribution in [2.24, 2.45) is 7.05 Å². The van der Waals surface area contributed by atoms with Gasteiger partial charge in [0.1, 0.15) is 12.4 Å². The second-order valence-electron chi connectivity index (χ2n) is 6.52. The number of rotatable bonds is 7. The number of ether oxygens (including phenoxy) is 1. The van der Waals surface area contributed by atoms with Gasteiger partial charge in [0.15, 0.2) is 5.82 Å². The van der Waals surface area contributed by atoms with E-state index in [9.17, 15) is 9.59 Å². The highest BCUT2D eigenvalue weighted by Gasteiger charge is 2.14. The van der Waals surface area contributed by atoms with Crippen molar-refractivity contribution in [3.63, 3.8) is 0 Å². The van der Waals surface area contributed by atoms with E-state index in [0.717, 1.165) is 5.69 Å². The van der Waals surface area contributed by atoms with E-state index < -0.39 is 0 Å². The fourth-order valence-electron chi connectivity index (χ4n) is 2.81. The Hall–Kier alpha value is -3.78. The first kappa shape index (κ1) is 19.5. The van der Waals surface area contributed by atoms with Crippen LogP contribution in [0.25, 0.3) is 0 Å². The SMILES string of the molecule is Cn1ccnc1C(=O)c1ccc(NC(=O)c2cccc(OCc3cscn3)c2)cc1. The third kappa shape index (κ3) is 4.44. The molecule has 0 radical (unpaired) electrons. The number of nitrogens with zero attached hydrogens (tertiary/aromatic N) is 3. The first-order valence-corrected chi connectivity index (χ1v) is 10.1. The Labute approximate surface area is 177 Å². The number of ketones is 1. The number of thiazole rings is 1. The van der Waals surface area contributed by atoms with Crippen LogP contribution in [-0.4, -0.2) is 26.2 Å². The molecule has 4 rings (SSSR count). The van der Waals surface area contributed by atoms with Gasteiger partial charge in [-0.2, -0.15) is 0 Å². The van der Waals surface area contributed by atoms with Gasteiger partial charge in [-0.15, -0.1) is 11.3 Å². The number of anilines is 1. The van der Waals surface area contributed by atoms with E-state index in [1.54, 1.807) is 78.0 Å². The number of imidazole rings is 1. The van der Waals surface area contributed by atoms with Gasteiger partial charge in [-0.25, -0.2) is 9.97 Å². The molecule has 0 aliphatic rings. The molecule has 30 heavy (non-hydrogen) atoms. The fourth-order valence-corrected chi connectivity index (χ4v) is 3.36. The highest BCUT2D eigenvalue weighted by molar-refractivity contribution is 7.07. The summed E-state index contributed by atoms with van der Waals surface area (Å²) in [6.45, 7) is 0.347. The topological polar surface area (TPSA) is 86.1 Å². The third-order valence-corrected chi connectivity index (χ3v) is 5.03. The first-order chi connectivity index (χ1) is 14.6. The van der Waals surface area contributed by atoms with E-state index in [2.05, 4.69) is 15.3 Å². The summed E-state index contributed by atoms with van der Waals surface area (Å²) in [5.41, 5.74) is 4.15. The maximum Gasteiger partial charge on any atom is 0.255 e. The van der Waals surface area contributed by atoms with E-state index in [1.165, 1.54) is 11.3 Å². The minimum absolute atomic E-state index is 0.176. The molecule has 1 N–H and O–H groups in total. The van der Waals surface area contributed by atoms with Crippen LogP contribution < -0.4 is 10.1 Å². The number of hydrogen-bond donors (Lipinski definition) is 1. The lowest BCUT2D eigenvalue weighted by Gasteiger charge is -2.09. The number of amides is 1. The van der Waals surface area contributed by atoms with E-state index in [-0.39, 0.29) is 11.7 Å². The van der Waals surface area contributed by atoms with Crippen molar-refractivity contribution in [3.05, 3.63) is 94.5 Å². The normalized spacial score (nSPS) is 10.6. The van der Waals surface area contributed by atoms with Crippen molar-refractivity contribution < 1.29 is 14.3 Å². The predicted molar refractivity (Wildman–Crippen MR) is 114 cm³/mol. The summed E-state index contributed by atoms with van der Waals surface area (Å²) in [7, 11) is 1.77. The minimum atomic E-state index is -0.266. The van der Waals surface area contributed by atoms with E-state index in [0.29, 0.717) is 35.0 Å². The molecule has 0 aliphatic carbocycles. The van der Waals surface area contributed by atoms with Gasteiger partial charge in [0.05, 0.1) is 11.2 Å². The summed E-state index contributed by atoms with van der Waals surface area (Å²) in [4.78, 5) is 33.3. The third-order valence-electron chi connectivity index (χ3n) is 4.40. The molecular weight excluding hydrogens is 400 g/mol. The zero-order chi connectivity index (χ0) is 20.9. The van der Waals surface area contributed by atoms with Gasteiger partial charge >= 0.3 is 0 Å². The molecule has 0 fully saturated rings. The molecule has 4 aromatic rings. The number of nitrogens with one attached hydrogen (secondary N) is 1. The number of hydrogen-bond acceptors (Lipinski definition) is 6. The van der Waals surface area contributed by atoms with Crippen LogP contribution in [0.15, 0.2) is 71.8 Å². The molecule has 1 amide bonds. The average Bonchev–Trinajstić information content (AvgIpc) is 3.44. The van der Waals surface area contributed by atoms with Gasteiger partial charge in [-0.1, -0.05) is 6.07 Å². The molecule has 7 nitrogen and oxygen atoms in total. The summed E-state index contributed by atoms with van der Waals surface area (Å²) in [6, 6.07) is 13.7. The Bertz CT molecular complexity index is 1170. The Kier molecular flexibility index (Phi) is 5.67. The van der Waals surface area contributed by atoms with Crippen LogP contribution in [0, 0.1) is 0 Å². The Morgan fingerprint density at radius 1 is 1.10 bits per heavy atom. The van der Waals surface area contributed by atoms with Crippen molar-refractivity contribution >= 4 is 28.7 Å². The molecule has 0 unspecified atom stereocenters. The molecular formula is C22H18N4O3S. The predicted octanol–water partition coefficient (Wildman–Crippen LogP) is 3.94. The molecule has 2 aromatic heterocycles. The summed E-state index contributed by atoms with van der Waals surface area (Å²) >= 11 is 1.51. The smallest absolute Gasteiger partial charge is 0.255 e. The highest BCUT2D eigenvalue weighted by atomic mass is 32.1. The Morgan fingerprint density at radius 3 is 2.63 bits per heavy atom. The van der Waals surface area contributed by atoms with Crippen LogP contribution in [0.3, 0.4) is 0 Å². The fraction of sp³-hybridized carbons (Fsp3) is 0.0909. The molecule has 0 atom stereocenters. The van der Waals surface area contributed by atoms with Crippen molar-refractivity contribution in [3.8, 4) is 5.75 Å². The largest absolute Gasteiger partial charge is 0.487 e. The Balaban J connectivity index is 1.40. The Morgan fingerprint density at radius 2 is 1.93 bits per heavy atom. The molecule has 0 spiro atoms. The van der Waals surface area contributed by atoms with Gasteiger partial charge in [0.2, 0.25) is 5.78 Å². The first-order valence-electron chi connectivity index (χ1n) is 9.13. The summed E-state index contributed by atoms with van der Waals surface area (Å²) in [5, 5.41) is 4.75. The van der Waals surface area contributed by atoms with Crippen molar-refractivity contribution in [2.75, 3.05) is 5.32 Å². The van der Waals surface area contributed by atoms with Gasteiger partial charge in [0.25, 0.3) is 5.91 Å². The lowest BCUT2D eigenvalue weighted by Crippen LogP contribution is -2.12. The van der Waals surface area contributed by atoms with Crippen LogP contribution in [0.2, 0.25) is 0 Å². The summed E-state index contributed by atoms with van der Waals surface area (Å²) in [5.74, 6) is 0.510. The number of carbonyl (C=O) groups excluding carboxylic acids is 2. The standard InChI is InChI=1S/C22H18N4O3S/c1-26-10-9-23-21(26)20(27)15-5-7-17(8-6-15)25-22(28)16-3-2-4-19(11-16)29-12-18-13-30-14-24-18/h2-11,13-14H,12H2,1H3,(H,25,28). The molecule has 0 saturated heterocycles. The maximum atomic E-state index is 12.6. The quantitative estimate of drug-likeness (QED) is 0.460. The molecule has 150 valence electrons. The van der Waals surface area contributed by atoms with E-state index in [4.69, 9.17) is 4.74 Å².